The molecule has 0 aliphatic carbocycles. The average Bonchev–Trinajstić information content (AvgIpc) is 2.62. The predicted octanol–water partition coefficient (Wildman–Crippen LogP) is 1.95. The largest absolute Gasteiger partial charge is 0.229 e. The number of sulfone groups is 1. The van der Waals surface area contributed by atoms with E-state index in [2.05, 4.69) is 11.8 Å². The van der Waals surface area contributed by atoms with E-state index in [1.165, 1.54) is 24.3 Å². The molecule has 4 heteroatoms. The van der Waals surface area contributed by atoms with E-state index >= 15 is 0 Å². The van der Waals surface area contributed by atoms with Crippen molar-refractivity contribution in [3.63, 3.8) is 0 Å². The van der Waals surface area contributed by atoms with Gasteiger partial charge in [0.2, 0.25) is 0 Å². The van der Waals surface area contributed by atoms with E-state index in [9.17, 15) is 8.42 Å². The molecule has 0 atom stereocenters. The van der Waals surface area contributed by atoms with Crippen molar-refractivity contribution >= 4 is 21.6 Å². The van der Waals surface area contributed by atoms with E-state index in [1.54, 1.807) is 13.8 Å². The zero-order chi connectivity index (χ0) is 9.45. The molecule has 0 spiro atoms. The molecule has 12 heavy (non-hydrogen) atoms. The van der Waals surface area contributed by atoms with E-state index in [-0.39, 0.29) is 11.5 Å². The molecule has 74 valence electrons. The first-order valence-electron chi connectivity index (χ1n) is 4.40. The van der Waals surface area contributed by atoms with Crippen molar-refractivity contribution in [2.75, 3.05) is 23.0 Å². The van der Waals surface area contributed by atoms with E-state index < -0.39 is 9.84 Å². The van der Waals surface area contributed by atoms with Gasteiger partial charge in [-0.3, -0.25) is 0 Å². The van der Waals surface area contributed by atoms with Gasteiger partial charge in [-0.2, -0.15) is 11.8 Å². The predicted molar refractivity (Wildman–Crippen MR) is 56.6 cm³/mol. The first-order valence-corrected chi connectivity index (χ1v) is 7.38. The Morgan fingerprint density at radius 2 is 1.50 bits per heavy atom. The highest BCUT2D eigenvalue weighted by Gasteiger charge is 1.99. The van der Waals surface area contributed by atoms with Gasteiger partial charge in [-0.25, -0.2) is 8.42 Å². The summed E-state index contributed by atoms with van der Waals surface area (Å²) in [5.74, 6) is 3.37. The fourth-order valence-electron chi connectivity index (χ4n) is 0.714. The lowest BCUT2D eigenvalue weighted by molar-refractivity contribution is 0.598. The quantitative estimate of drug-likeness (QED) is 0.698. The molecule has 1 aliphatic rings. The van der Waals surface area contributed by atoms with Crippen molar-refractivity contribution in [3.8, 4) is 0 Å². The van der Waals surface area contributed by atoms with E-state index in [1.807, 2.05) is 0 Å². The zero-order valence-corrected chi connectivity index (χ0v) is 9.51. The Morgan fingerprint density at radius 3 is 1.58 bits per heavy atom. The third kappa shape index (κ3) is 6.98. The standard InChI is InChI=1S/C4H10O2S.C4H8S/c1-3-7(5,6)4-2;1-2-4-5-3-1/h3-4H2,1-2H3;1-4H2. The Bertz CT molecular complexity index is 164. The Balaban J connectivity index is 0.000000211. The van der Waals surface area contributed by atoms with Gasteiger partial charge in [0, 0.05) is 11.5 Å². The van der Waals surface area contributed by atoms with Crippen LogP contribution in [0.2, 0.25) is 0 Å². The number of thioether (sulfide) groups is 1. The normalized spacial score (nSPS) is 16.8. The lowest BCUT2D eigenvalue weighted by Crippen LogP contribution is -2.04. The summed E-state index contributed by atoms with van der Waals surface area (Å²) in [6, 6.07) is 0. The molecule has 1 aliphatic heterocycles. The molecule has 0 amide bonds. The summed E-state index contributed by atoms with van der Waals surface area (Å²) in [7, 11) is -2.66. The molecule has 0 aromatic heterocycles. The lowest BCUT2D eigenvalue weighted by atomic mass is 10.4. The van der Waals surface area contributed by atoms with E-state index in [4.69, 9.17) is 0 Å². The minimum absolute atomic E-state index is 0.267. The molecule has 0 aromatic carbocycles. The van der Waals surface area contributed by atoms with Crippen molar-refractivity contribution < 1.29 is 8.42 Å². The maximum atomic E-state index is 10.4. The SMILES string of the molecule is C1CCSC1.CCS(=O)(=O)CC. The van der Waals surface area contributed by atoms with Gasteiger partial charge in [-0.15, -0.1) is 0 Å². The van der Waals surface area contributed by atoms with E-state index in [0.717, 1.165) is 0 Å². The van der Waals surface area contributed by atoms with Crippen molar-refractivity contribution in [2.45, 2.75) is 26.7 Å². The Labute approximate surface area is 80.0 Å². The summed E-state index contributed by atoms with van der Waals surface area (Å²) >= 11 is 2.07. The number of rotatable bonds is 2. The zero-order valence-electron chi connectivity index (χ0n) is 7.88. The summed E-state index contributed by atoms with van der Waals surface area (Å²) in [5, 5.41) is 0. The van der Waals surface area contributed by atoms with Crippen LogP contribution in [-0.2, 0) is 9.84 Å². The molecule has 1 fully saturated rings. The topological polar surface area (TPSA) is 34.1 Å². The first-order chi connectivity index (χ1) is 5.62. The average molecular weight is 210 g/mol. The van der Waals surface area contributed by atoms with Gasteiger partial charge in [0.05, 0.1) is 0 Å². The van der Waals surface area contributed by atoms with Crippen LogP contribution in [0.15, 0.2) is 0 Å². The highest BCUT2D eigenvalue weighted by atomic mass is 32.2. The Morgan fingerprint density at radius 1 is 1.08 bits per heavy atom. The van der Waals surface area contributed by atoms with Gasteiger partial charge >= 0.3 is 0 Å². The second-order valence-electron chi connectivity index (χ2n) is 2.64. The minimum atomic E-state index is -2.66. The number of hydrogen-bond donors (Lipinski definition) is 0. The fourth-order valence-corrected chi connectivity index (χ4v) is 2.14. The van der Waals surface area contributed by atoms with Crippen LogP contribution < -0.4 is 0 Å². The molecular weight excluding hydrogens is 192 g/mol. The second-order valence-corrected chi connectivity index (χ2v) is 6.51. The van der Waals surface area contributed by atoms with Crippen LogP contribution in [0.1, 0.15) is 26.7 Å². The number of hydrogen-bond acceptors (Lipinski definition) is 3. The molecule has 0 unspecified atom stereocenters. The Kier molecular flexibility index (Phi) is 6.95. The van der Waals surface area contributed by atoms with Gasteiger partial charge in [0.1, 0.15) is 9.84 Å². The Hall–Kier alpha value is 0.300. The van der Waals surface area contributed by atoms with Crippen LogP contribution in [-0.4, -0.2) is 31.4 Å². The molecule has 0 aromatic rings. The van der Waals surface area contributed by atoms with Gasteiger partial charge in [-0.05, 0) is 24.3 Å². The molecule has 0 N–H and O–H groups in total. The lowest BCUT2D eigenvalue weighted by Gasteiger charge is -1.89. The summed E-state index contributed by atoms with van der Waals surface area (Å²) in [6.07, 6.45) is 2.93. The minimum Gasteiger partial charge on any atom is -0.229 e. The molecule has 1 rings (SSSR count). The van der Waals surface area contributed by atoms with Gasteiger partial charge < -0.3 is 0 Å². The second kappa shape index (κ2) is 6.78. The van der Waals surface area contributed by atoms with Crippen LogP contribution in [0.4, 0.5) is 0 Å². The van der Waals surface area contributed by atoms with Crippen LogP contribution >= 0.6 is 11.8 Å². The highest BCUT2D eigenvalue weighted by Crippen LogP contribution is 2.14. The summed E-state index contributed by atoms with van der Waals surface area (Å²) in [5.41, 5.74) is 0. The monoisotopic (exact) mass is 210 g/mol. The summed E-state index contributed by atoms with van der Waals surface area (Å²) < 4.78 is 20.7. The maximum Gasteiger partial charge on any atom is 0.149 e. The smallest absolute Gasteiger partial charge is 0.149 e. The van der Waals surface area contributed by atoms with Gasteiger partial charge in [-0.1, -0.05) is 13.8 Å². The van der Waals surface area contributed by atoms with Crippen molar-refractivity contribution in [2.24, 2.45) is 0 Å². The van der Waals surface area contributed by atoms with Crippen LogP contribution in [0.3, 0.4) is 0 Å². The fraction of sp³-hybridized carbons (Fsp3) is 1.00. The molecule has 0 bridgehead atoms. The van der Waals surface area contributed by atoms with E-state index in [0.29, 0.717) is 0 Å². The molecule has 0 saturated carbocycles. The van der Waals surface area contributed by atoms with Crippen molar-refractivity contribution in [1.29, 1.82) is 0 Å². The highest BCUT2D eigenvalue weighted by molar-refractivity contribution is 7.99. The van der Waals surface area contributed by atoms with Crippen LogP contribution in [0.5, 0.6) is 0 Å². The van der Waals surface area contributed by atoms with Crippen molar-refractivity contribution in [3.05, 3.63) is 0 Å². The summed E-state index contributed by atoms with van der Waals surface area (Å²) in [6.45, 7) is 3.30. The van der Waals surface area contributed by atoms with Crippen LogP contribution in [0, 0.1) is 0 Å². The first kappa shape index (κ1) is 12.3. The molecule has 2 nitrogen and oxygen atoms in total. The molecule has 1 saturated heterocycles. The summed E-state index contributed by atoms with van der Waals surface area (Å²) in [4.78, 5) is 0. The third-order valence-electron chi connectivity index (χ3n) is 1.71. The van der Waals surface area contributed by atoms with Crippen LogP contribution in [0.25, 0.3) is 0 Å². The maximum absolute atomic E-state index is 10.4. The van der Waals surface area contributed by atoms with Crippen molar-refractivity contribution in [1.82, 2.24) is 0 Å². The van der Waals surface area contributed by atoms with Gasteiger partial charge in [0.15, 0.2) is 0 Å². The molecular formula is C8H18O2S2. The molecule has 0 radical (unpaired) electrons. The molecule has 1 heterocycles. The third-order valence-corrected chi connectivity index (χ3v) is 4.62. The van der Waals surface area contributed by atoms with Gasteiger partial charge in [0.25, 0.3) is 0 Å².